The molecule has 3 aromatic carbocycles. The molecular weight excluding hydrogens is 577 g/mol. The number of para-hydroxylation sites is 2. The van der Waals surface area contributed by atoms with Crippen molar-refractivity contribution in [2.24, 2.45) is 0 Å². The number of hydrogen-bond acceptors (Lipinski definition) is 7. The van der Waals surface area contributed by atoms with Crippen LogP contribution in [0, 0.1) is 0 Å². The third-order valence-electron chi connectivity index (χ3n) is 7.30. The summed E-state index contributed by atoms with van der Waals surface area (Å²) in [6.07, 6.45) is 5.07. The van der Waals surface area contributed by atoms with Crippen molar-refractivity contribution in [1.29, 1.82) is 0 Å². The lowest BCUT2D eigenvalue weighted by Gasteiger charge is -2.35. The van der Waals surface area contributed by atoms with Gasteiger partial charge < -0.3 is 20.0 Å². The van der Waals surface area contributed by atoms with Crippen LogP contribution in [0.25, 0.3) is 5.57 Å². The van der Waals surface area contributed by atoms with Gasteiger partial charge in [-0.15, -0.1) is 28.3 Å². The molecule has 1 aliphatic heterocycles. The Morgan fingerprint density at radius 1 is 0.721 bits per heavy atom. The Balaban J connectivity index is 1.31. The molecule has 2 N–H and O–H groups in total. The molecule has 0 spiro atoms. The molecule has 2 heterocycles. The van der Waals surface area contributed by atoms with Gasteiger partial charge in [0, 0.05) is 57.4 Å². The molecule has 0 fully saturated rings. The molecule has 6 nitrogen and oxygen atoms in total. The summed E-state index contributed by atoms with van der Waals surface area (Å²) in [5, 5.41) is 19.4. The fourth-order valence-corrected chi connectivity index (χ4v) is 7.84. The molecule has 0 amide bonds. The van der Waals surface area contributed by atoms with Gasteiger partial charge in [0.1, 0.15) is 0 Å². The summed E-state index contributed by atoms with van der Waals surface area (Å²) in [6.45, 7) is 3.04. The van der Waals surface area contributed by atoms with Crippen molar-refractivity contribution < 1.29 is 19.8 Å². The van der Waals surface area contributed by atoms with Gasteiger partial charge in [0.2, 0.25) is 11.8 Å². The first-order valence-electron chi connectivity index (χ1n) is 14.9. The number of aromatic hydroxyl groups is 2. The number of nitrogens with zero attached hydrogens (tertiary/aromatic N) is 2. The lowest BCUT2D eigenvalue weighted by Crippen LogP contribution is -2.22. The van der Waals surface area contributed by atoms with Gasteiger partial charge in [0.15, 0.2) is 0 Å². The molecule has 0 atom stereocenters. The molecule has 0 unspecified atom stereocenters. The summed E-state index contributed by atoms with van der Waals surface area (Å²) in [5.74, 6) is 0.924. The third kappa shape index (κ3) is 7.61. The molecule has 43 heavy (non-hydrogen) atoms. The van der Waals surface area contributed by atoms with Crippen LogP contribution in [0.5, 0.6) is 11.8 Å². The average Bonchev–Trinajstić information content (AvgIpc) is 3.34. The average molecular weight is 615 g/mol. The van der Waals surface area contributed by atoms with Crippen LogP contribution in [0.15, 0.2) is 95.2 Å². The van der Waals surface area contributed by atoms with E-state index in [2.05, 4.69) is 90.7 Å². The molecular formula is C35H38N2O4S2. The first-order valence-corrected chi connectivity index (χ1v) is 16.8. The Bertz CT molecular complexity index is 1480. The van der Waals surface area contributed by atoms with Crippen LogP contribution in [-0.4, -0.2) is 32.4 Å². The first kappa shape index (κ1) is 30.7. The lowest BCUT2D eigenvalue weighted by atomic mass is 9.91. The van der Waals surface area contributed by atoms with E-state index in [9.17, 15) is 15.0 Å². The topological polar surface area (TPSA) is 74.9 Å². The molecule has 0 radical (unpaired) electrons. The van der Waals surface area contributed by atoms with Crippen molar-refractivity contribution in [2.45, 2.75) is 52.0 Å². The number of carbonyl (C=O) groups excluding carboxylic acids is 1. The third-order valence-corrected chi connectivity index (χ3v) is 9.92. The lowest BCUT2D eigenvalue weighted by molar-refractivity contribution is -0.145. The van der Waals surface area contributed by atoms with Crippen LogP contribution in [0.1, 0.15) is 62.1 Å². The van der Waals surface area contributed by atoms with Crippen molar-refractivity contribution in [3.8, 4) is 11.8 Å². The molecule has 1 aliphatic rings. The number of fused-ring (bicyclic) bond motifs is 2. The maximum atomic E-state index is 12.2. The zero-order chi connectivity index (χ0) is 30.0. The predicted octanol–water partition coefficient (Wildman–Crippen LogP) is 8.75. The van der Waals surface area contributed by atoms with Crippen LogP contribution in [0.4, 0.5) is 11.4 Å². The van der Waals surface area contributed by atoms with Crippen LogP contribution < -0.4 is 9.74 Å². The number of carbonyl (C=O) groups is 1. The quantitative estimate of drug-likeness (QED) is 0.138. The van der Waals surface area contributed by atoms with Crippen LogP contribution in [-0.2, 0) is 11.3 Å². The van der Waals surface area contributed by atoms with Gasteiger partial charge >= 0.3 is 5.97 Å². The van der Waals surface area contributed by atoms with E-state index in [1.165, 1.54) is 56.4 Å². The summed E-state index contributed by atoms with van der Waals surface area (Å²) in [7, 11) is 0. The first-order chi connectivity index (χ1) is 21.1. The fourth-order valence-electron chi connectivity index (χ4n) is 5.12. The van der Waals surface area contributed by atoms with Crippen LogP contribution >= 0.6 is 23.5 Å². The minimum atomic E-state index is -0.483. The highest BCUT2D eigenvalue weighted by Gasteiger charge is 2.28. The van der Waals surface area contributed by atoms with Gasteiger partial charge in [0.25, 0.3) is 0 Å². The maximum Gasteiger partial charge on any atom is 0.333 e. The highest BCUT2D eigenvalue weighted by molar-refractivity contribution is 8.22. The Hall–Kier alpha value is -3.75. The molecule has 224 valence electrons. The number of aromatic nitrogens is 1. The normalized spacial score (nSPS) is 12.1. The summed E-state index contributed by atoms with van der Waals surface area (Å²) in [5.41, 5.74) is 7.58. The smallest absolute Gasteiger partial charge is 0.333 e. The number of anilines is 2. The fraction of sp³-hybridized carbons (Fsp3) is 0.286. The Labute approximate surface area is 262 Å². The summed E-state index contributed by atoms with van der Waals surface area (Å²) in [4.78, 5) is 19.7. The molecule has 1 aromatic heterocycles. The van der Waals surface area contributed by atoms with E-state index in [0.29, 0.717) is 6.42 Å². The van der Waals surface area contributed by atoms with Gasteiger partial charge in [-0.1, -0.05) is 86.5 Å². The number of thioether (sulfide) groups is 2. The minimum Gasteiger partial charge on any atom is -0.492 e. The number of unbranched alkanes of at least 4 members (excludes halogenated alkanes) is 3. The van der Waals surface area contributed by atoms with Gasteiger partial charge in [-0.3, -0.25) is 0 Å². The largest absolute Gasteiger partial charge is 0.492 e. The van der Waals surface area contributed by atoms with Crippen molar-refractivity contribution in [3.63, 3.8) is 0 Å². The maximum absolute atomic E-state index is 12.2. The Morgan fingerprint density at radius 3 is 1.93 bits per heavy atom. The highest BCUT2D eigenvalue weighted by Crippen LogP contribution is 2.50. The van der Waals surface area contributed by atoms with Gasteiger partial charge in [-0.2, -0.15) is 0 Å². The van der Waals surface area contributed by atoms with E-state index in [1.54, 1.807) is 0 Å². The molecule has 0 saturated carbocycles. The van der Waals surface area contributed by atoms with Crippen molar-refractivity contribution in [2.75, 3.05) is 16.4 Å². The second-order valence-corrected chi connectivity index (χ2v) is 12.9. The monoisotopic (exact) mass is 614 g/mol. The molecule has 0 aliphatic carbocycles. The Kier molecular flexibility index (Phi) is 10.8. The molecule has 4 aromatic rings. The van der Waals surface area contributed by atoms with E-state index in [4.69, 9.17) is 4.84 Å². The Morgan fingerprint density at radius 2 is 1.30 bits per heavy atom. The molecule has 8 heteroatoms. The van der Waals surface area contributed by atoms with Gasteiger partial charge in [0.05, 0.1) is 0 Å². The van der Waals surface area contributed by atoms with Gasteiger partial charge in [-0.25, -0.2) is 4.79 Å². The number of rotatable bonds is 14. The van der Waals surface area contributed by atoms with E-state index >= 15 is 0 Å². The predicted molar refractivity (Wildman–Crippen MR) is 179 cm³/mol. The van der Waals surface area contributed by atoms with Crippen molar-refractivity contribution >= 4 is 46.4 Å². The standard InChI is InChI=1S/C35H38N2O4S2/c1-2-3-23-42-35(43-24-13-5-8-20-33(40)41-37-31(38)21-22-32(37)39)34-27-16-9-11-18-29(27)36(25-26-14-6-4-7-15-26)30-19-12-10-17-28(30)34/h4,6-7,9-12,14-19,21-22,38-39H,2-3,5,8,13,20,23-25H2,1H3. The summed E-state index contributed by atoms with van der Waals surface area (Å²) in [6, 6.07) is 30.7. The van der Waals surface area contributed by atoms with Crippen LogP contribution in [0.2, 0.25) is 0 Å². The molecule has 0 saturated heterocycles. The van der Waals surface area contributed by atoms with Crippen molar-refractivity contribution in [3.05, 3.63) is 112 Å². The number of hydrogen-bond donors (Lipinski definition) is 2. The van der Waals surface area contributed by atoms with Crippen molar-refractivity contribution in [1.82, 2.24) is 4.73 Å². The zero-order valence-electron chi connectivity index (χ0n) is 24.4. The highest BCUT2D eigenvalue weighted by atomic mass is 32.2. The summed E-state index contributed by atoms with van der Waals surface area (Å²) < 4.78 is 2.09. The zero-order valence-corrected chi connectivity index (χ0v) is 26.1. The second kappa shape index (κ2) is 15.1. The van der Waals surface area contributed by atoms with E-state index in [-0.39, 0.29) is 18.2 Å². The number of benzene rings is 3. The molecule has 0 bridgehead atoms. The molecule has 5 rings (SSSR count). The summed E-state index contributed by atoms with van der Waals surface area (Å²) >= 11 is 3.87. The second-order valence-electron chi connectivity index (χ2n) is 10.4. The van der Waals surface area contributed by atoms with E-state index < -0.39 is 5.97 Å². The van der Waals surface area contributed by atoms with E-state index in [1.807, 2.05) is 23.5 Å². The minimum absolute atomic E-state index is 0.221. The van der Waals surface area contributed by atoms with Gasteiger partial charge in [-0.05, 0) is 48.5 Å². The SMILES string of the molecule is CCCCSC(SCCCCCC(=O)On1c(O)ccc1O)=C1c2ccccc2N(Cc2ccccc2)c2ccccc21. The van der Waals surface area contributed by atoms with E-state index in [0.717, 1.165) is 42.0 Å². The van der Waals surface area contributed by atoms with Crippen LogP contribution in [0.3, 0.4) is 0 Å².